The van der Waals surface area contributed by atoms with Crippen LogP contribution in [0.2, 0.25) is 0 Å². The van der Waals surface area contributed by atoms with E-state index in [1.807, 2.05) is 60.7 Å². The lowest BCUT2D eigenvalue weighted by molar-refractivity contribution is -0.294. The van der Waals surface area contributed by atoms with Gasteiger partial charge in [-0.2, -0.15) is 28.6 Å². The molecule has 2 aromatic rings. The van der Waals surface area contributed by atoms with Gasteiger partial charge < -0.3 is 49.6 Å². The highest BCUT2D eigenvalue weighted by molar-refractivity contribution is 8.00. The summed E-state index contributed by atoms with van der Waals surface area (Å²) in [5.74, 6) is 0.129. The average molecular weight is 890 g/mol. The summed E-state index contributed by atoms with van der Waals surface area (Å²) >= 11 is 1.41. The molecule has 4 heterocycles. The largest absolute Gasteiger partial charge is 0.400 e. The van der Waals surface area contributed by atoms with Crippen LogP contribution in [0.5, 0.6) is 0 Å². The number of ether oxygens (including phenoxy) is 4. The predicted molar refractivity (Wildman–Crippen MR) is 208 cm³/mol. The molecule has 57 heavy (non-hydrogen) atoms. The number of aliphatic hydroxyl groups excluding tert-OH is 6. The molecule has 2 aromatic carbocycles. The Balaban J connectivity index is 0.000000208. The van der Waals surface area contributed by atoms with Crippen LogP contribution in [0.1, 0.15) is 25.0 Å². The molecule has 4 saturated heterocycles. The molecule has 11 atom stereocenters. The zero-order valence-corrected chi connectivity index (χ0v) is 34.6. The monoisotopic (exact) mass is 889 g/mol. The fourth-order valence-corrected chi connectivity index (χ4v) is 11.2. The quantitative estimate of drug-likeness (QED) is 0.0968. The lowest BCUT2D eigenvalue weighted by Crippen LogP contribution is -2.53. The van der Waals surface area contributed by atoms with Crippen LogP contribution in [0.4, 0.5) is 0 Å². The van der Waals surface area contributed by atoms with Gasteiger partial charge in [-0.15, -0.1) is 0 Å². The first-order valence-electron chi connectivity index (χ1n) is 17.9. The minimum absolute atomic E-state index is 0.0527. The molecule has 0 spiro atoms. The highest BCUT2D eigenvalue weighted by atomic mass is 32.3. The lowest BCUT2D eigenvalue weighted by atomic mass is 10.2. The Morgan fingerprint density at radius 2 is 1.49 bits per heavy atom. The van der Waals surface area contributed by atoms with Crippen molar-refractivity contribution in [3.05, 3.63) is 71.8 Å². The van der Waals surface area contributed by atoms with Crippen molar-refractivity contribution in [2.45, 2.75) is 92.2 Å². The maximum atomic E-state index is 11.6. The van der Waals surface area contributed by atoms with E-state index in [4.69, 9.17) is 47.2 Å². The molecule has 0 aromatic heterocycles. The van der Waals surface area contributed by atoms with E-state index < -0.39 is 91.6 Å². The van der Waals surface area contributed by atoms with Gasteiger partial charge in [-0.3, -0.25) is 4.55 Å². The summed E-state index contributed by atoms with van der Waals surface area (Å²) in [6.07, 6.45) is -6.39. The van der Waals surface area contributed by atoms with E-state index in [0.717, 1.165) is 11.1 Å². The summed E-state index contributed by atoms with van der Waals surface area (Å²) in [5, 5.41) is 54.9. The van der Waals surface area contributed by atoms with Crippen molar-refractivity contribution in [3.63, 3.8) is 0 Å². The Labute approximate surface area is 340 Å². The molecule has 0 amide bonds. The summed E-state index contributed by atoms with van der Waals surface area (Å²) in [6.45, 7) is 3.60. The molecule has 2 unspecified atom stereocenters. The van der Waals surface area contributed by atoms with Gasteiger partial charge in [0, 0.05) is 16.6 Å². The second-order valence-electron chi connectivity index (χ2n) is 13.9. The van der Waals surface area contributed by atoms with Gasteiger partial charge in [-0.05, 0) is 25.0 Å². The van der Waals surface area contributed by atoms with Crippen LogP contribution >= 0.6 is 11.8 Å². The molecule has 0 radical (unpaired) electrons. The zero-order chi connectivity index (χ0) is 41.8. The number of thioether (sulfide) groups is 1. The minimum atomic E-state index is -4.67. The van der Waals surface area contributed by atoms with Gasteiger partial charge in [0.2, 0.25) is 0 Å². The van der Waals surface area contributed by atoms with Crippen molar-refractivity contribution in [2.24, 2.45) is 0 Å². The van der Waals surface area contributed by atoms with Gasteiger partial charge in [0.25, 0.3) is 0 Å². The van der Waals surface area contributed by atoms with Crippen LogP contribution in [0.25, 0.3) is 0 Å². The van der Waals surface area contributed by atoms with E-state index >= 15 is 0 Å². The first kappa shape index (κ1) is 48.1. The first-order chi connectivity index (χ1) is 26.9. The van der Waals surface area contributed by atoms with Crippen LogP contribution < -0.4 is 0 Å². The van der Waals surface area contributed by atoms with Crippen LogP contribution in [-0.2, 0) is 76.4 Å². The Morgan fingerprint density at radius 1 is 0.860 bits per heavy atom. The van der Waals surface area contributed by atoms with Gasteiger partial charge in [0.15, 0.2) is 11.0 Å². The smallest absolute Gasteiger partial charge is 0.395 e. The summed E-state index contributed by atoms with van der Waals surface area (Å²) in [6, 6.07) is 19.2. The number of hydrogen-bond donors (Lipinski definition) is 7. The molecule has 22 heteroatoms. The lowest BCUT2D eigenvalue weighted by Gasteiger charge is -2.39. The third-order valence-corrected chi connectivity index (χ3v) is 14.6. The van der Waals surface area contributed by atoms with E-state index in [1.165, 1.54) is 11.8 Å². The molecule has 6 rings (SSSR count). The minimum Gasteiger partial charge on any atom is -0.395 e. The van der Waals surface area contributed by atoms with Gasteiger partial charge in [0.1, 0.15) is 48.1 Å². The highest BCUT2D eigenvalue weighted by Gasteiger charge is 2.53. The van der Waals surface area contributed by atoms with Gasteiger partial charge in [0.05, 0.1) is 63.7 Å². The van der Waals surface area contributed by atoms with Crippen molar-refractivity contribution < 1.29 is 83.5 Å². The van der Waals surface area contributed by atoms with E-state index in [2.05, 4.69) is 4.18 Å². The molecule has 7 N–H and O–H groups in total. The zero-order valence-electron chi connectivity index (χ0n) is 31.4. The summed E-state index contributed by atoms with van der Waals surface area (Å²) < 4.78 is 90.7. The third kappa shape index (κ3) is 15.8. The van der Waals surface area contributed by atoms with Gasteiger partial charge in [-0.25, -0.2) is 12.5 Å². The topological polar surface area (TPSA) is 274 Å². The SMILES string of the molecule is CC1(C)OCC(OS(=O)(=O)O)[C@@H](C[S+]2C[C@@H](O)[C@H](O)[C@H]2CO)O1.O=S1(=O)OC[C@@H](OCc2ccccc2)[C@H](COCc2ccccc2)O1.OC[C@H]1SC[C@@H](O)[C@@H]1O. The average Bonchev–Trinajstić information content (AvgIpc) is 3.63. The molecule has 4 aliphatic rings. The van der Waals surface area contributed by atoms with Crippen molar-refractivity contribution in [1.29, 1.82) is 0 Å². The fourth-order valence-electron chi connectivity index (χ4n) is 6.02. The molecule has 0 bridgehead atoms. The van der Waals surface area contributed by atoms with Gasteiger partial charge in [-0.1, -0.05) is 60.7 Å². The number of aliphatic hydroxyl groups is 6. The Kier molecular flexibility index (Phi) is 18.9. The van der Waals surface area contributed by atoms with Crippen molar-refractivity contribution in [1.82, 2.24) is 0 Å². The predicted octanol–water partition coefficient (Wildman–Crippen LogP) is -0.695. The molecule has 0 saturated carbocycles. The maximum Gasteiger partial charge on any atom is 0.400 e. The van der Waals surface area contributed by atoms with Gasteiger partial charge >= 0.3 is 20.8 Å². The maximum absolute atomic E-state index is 11.6. The van der Waals surface area contributed by atoms with Crippen LogP contribution in [0, 0.1) is 0 Å². The molecule has 4 fully saturated rings. The summed E-state index contributed by atoms with van der Waals surface area (Å²) in [4.78, 5) is 0. The Hall–Kier alpha value is -1.52. The molecule has 18 nitrogen and oxygen atoms in total. The normalized spacial score (nSPS) is 33.4. The summed E-state index contributed by atoms with van der Waals surface area (Å²) in [7, 11) is -9.27. The molecule has 4 aliphatic heterocycles. The molecular weight excluding hydrogens is 837 g/mol. The van der Waals surface area contributed by atoms with Crippen LogP contribution in [0.15, 0.2) is 60.7 Å². The van der Waals surface area contributed by atoms with E-state index in [9.17, 15) is 32.2 Å². The number of hydrogen-bond acceptors (Lipinski definition) is 18. The molecular formula is C35H53O18S4+. The van der Waals surface area contributed by atoms with Crippen molar-refractivity contribution >= 4 is 43.5 Å². The Bertz CT molecular complexity index is 1690. The number of rotatable bonds is 13. The second kappa shape index (κ2) is 22.4. The van der Waals surface area contributed by atoms with Crippen molar-refractivity contribution in [2.75, 3.05) is 50.3 Å². The van der Waals surface area contributed by atoms with Crippen LogP contribution in [-0.4, -0.2) is 167 Å². The van der Waals surface area contributed by atoms with Crippen LogP contribution in [0.3, 0.4) is 0 Å². The summed E-state index contributed by atoms with van der Waals surface area (Å²) in [5.41, 5.74) is 1.99. The highest BCUT2D eigenvalue weighted by Crippen LogP contribution is 2.31. The second-order valence-corrected chi connectivity index (χ2v) is 19.8. The fraction of sp³-hybridized carbons (Fsp3) is 0.657. The van der Waals surface area contributed by atoms with E-state index in [1.54, 1.807) is 13.8 Å². The number of benzene rings is 2. The Morgan fingerprint density at radius 3 is 2.04 bits per heavy atom. The first-order valence-corrected chi connectivity index (χ1v) is 23.3. The van der Waals surface area contributed by atoms with E-state index in [0.29, 0.717) is 19.0 Å². The van der Waals surface area contributed by atoms with E-state index in [-0.39, 0.29) is 49.8 Å². The third-order valence-electron chi connectivity index (χ3n) is 9.01. The molecule has 0 aliphatic carbocycles. The molecule has 324 valence electrons. The van der Waals surface area contributed by atoms with Crippen molar-refractivity contribution in [3.8, 4) is 0 Å². The standard InChI is InChI=1S/C18H20O6S.C12H22O9S2.C5H10O3S/c19-25(20)23-14-17(22-12-16-9-5-2-6-10-16)18(24-25)13-21-11-15-7-3-1-4-8-15;1-12(2)19-4-8(21-23(16,17)18)9(20-12)6-22-5-7(14)11(15)10(22)3-13;6-1-4-5(8)3(7)2-9-4/h1-10,17-18H,11-14H2;7-11,13-15H,3-6H2,1-2H3;3-8H,1-2H2/p+1/t17-,18+;7-,8?,9-,10-,11+,22?;3-,4-,5+/m111/s1.